The number of carbonyl (C=O) groups is 1. The molecule has 1 amide bonds. The summed E-state index contributed by atoms with van der Waals surface area (Å²) < 4.78 is 38.6. The van der Waals surface area contributed by atoms with E-state index in [0.717, 1.165) is 31.4 Å². The number of rotatable bonds is 8. The molecule has 0 spiro atoms. The van der Waals surface area contributed by atoms with Crippen LogP contribution in [0.25, 0.3) is 0 Å². The molecule has 8 nitrogen and oxygen atoms in total. The summed E-state index contributed by atoms with van der Waals surface area (Å²) in [5.74, 6) is 0.657. The van der Waals surface area contributed by atoms with E-state index in [4.69, 9.17) is 9.15 Å². The van der Waals surface area contributed by atoms with Crippen molar-refractivity contribution in [1.29, 1.82) is 0 Å². The van der Waals surface area contributed by atoms with Crippen LogP contribution >= 0.6 is 0 Å². The van der Waals surface area contributed by atoms with Crippen molar-refractivity contribution in [3.8, 4) is 5.75 Å². The van der Waals surface area contributed by atoms with Crippen LogP contribution < -0.4 is 10.1 Å². The van der Waals surface area contributed by atoms with Crippen LogP contribution in [-0.4, -0.2) is 64.4 Å². The van der Waals surface area contributed by atoms with E-state index in [1.54, 1.807) is 12.3 Å². The maximum atomic E-state index is 13.2. The molecule has 1 atom stereocenters. The number of methoxy groups -OCH3 is 1. The Labute approximate surface area is 184 Å². The number of benzene rings is 1. The summed E-state index contributed by atoms with van der Waals surface area (Å²) in [4.78, 5) is 15.0. The number of hydrogen-bond donors (Lipinski definition) is 1. The SMILES string of the molecule is COc1ccc(S(=O)(=O)N2CCCCCC2)cc1C(=O)NCC(c1ccco1)N(C)C. The van der Waals surface area contributed by atoms with Crippen LogP contribution in [0.5, 0.6) is 5.75 Å². The predicted octanol–water partition coefficient (Wildman–Crippen LogP) is 2.89. The van der Waals surface area contributed by atoms with E-state index in [-0.39, 0.29) is 16.5 Å². The predicted molar refractivity (Wildman–Crippen MR) is 118 cm³/mol. The van der Waals surface area contributed by atoms with E-state index in [2.05, 4.69) is 5.32 Å². The highest BCUT2D eigenvalue weighted by Gasteiger charge is 2.27. The lowest BCUT2D eigenvalue weighted by molar-refractivity contribution is 0.0935. The topological polar surface area (TPSA) is 92.1 Å². The van der Waals surface area contributed by atoms with E-state index < -0.39 is 15.9 Å². The molecular weight excluding hydrogens is 418 g/mol. The Bertz CT molecular complexity index is 965. The Morgan fingerprint density at radius 1 is 1.19 bits per heavy atom. The van der Waals surface area contributed by atoms with E-state index >= 15 is 0 Å². The van der Waals surface area contributed by atoms with Crippen LogP contribution in [0.15, 0.2) is 45.9 Å². The van der Waals surface area contributed by atoms with Gasteiger partial charge in [0.2, 0.25) is 10.0 Å². The average Bonchev–Trinajstić information content (AvgIpc) is 3.13. The van der Waals surface area contributed by atoms with Crippen molar-refractivity contribution in [2.75, 3.05) is 40.8 Å². The van der Waals surface area contributed by atoms with Crippen LogP contribution in [0, 0.1) is 0 Å². The van der Waals surface area contributed by atoms with Gasteiger partial charge < -0.3 is 14.5 Å². The van der Waals surface area contributed by atoms with Crippen molar-refractivity contribution in [2.45, 2.75) is 36.6 Å². The van der Waals surface area contributed by atoms with E-state index in [9.17, 15) is 13.2 Å². The van der Waals surface area contributed by atoms with Crippen molar-refractivity contribution < 1.29 is 22.4 Å². The van der Waals surface area contributed by atoms with Crippen LogP contribution in [0.1, 0.15) is 47.8 Å². The smallest absolute Gasteiger partial charge is 0.255 e. The molecule has 0 aliphatic carbocycles. The molecule has 1 aliphatic rings. The molecule has 1 fully saturated rings. The summed E-state index contributed by atoms with van der Waals surface area (Å²) in [6.45, 7) is 1.30. The number of furan rings is 1. The van der Waals surface area contributed by atoms with Gasteiger partial charge in [0.15, 0.2) is 0 Å². The first-order valence-corrected chi connectivity index (χ1v) is 11.9. The highest BCUT2D eigenvalue weighted by Crippen LogP contribution is 2.26. The Morgan fingerprint density at radius 3 is 2.48 bits per heavy atom. The number of carbonyl (C=O) groups excluding carboxylic acids is 1. The van der Waals surface area contributed by atoms with Crippen molar-refractivity contribution in [3.05, 3.63) is 47.9 Å². The van der Waals surface area contributed by atoms with Gasteiger partial charge in [-0.1, -0.05) is 12.8 Å². The summed E-state index contributed by atoms with van der Waals surface area (Å²) in [6, 6.07) is 7.94. The number of likely N-dealkylation sites (N-methyl/N-ethyl adjacent to an activating group) is 1. The van der Waals surface area contributed by atoms with Gasteiger partial charge in [-0.15, -0.1) is 0 Å². The Hall–Kier alpha value is -2.36. The molecule has 1 N–H and O–H groups in total. The highest BCUT2D eigenvalue weighted by atomic mass is 32.2. The zero-order valence-electron chi connectivity index (χ0n) is 18.3. The molecule has 1 aromatic heterocycles. The van der Waals surface area contributed by atoms with Gasteiger partial charge in [-0.3, -0.25) is 9.69 Å². The van der Waals surface area contributed by atoms with Crippen LogP contribution in [0.2, 0.25) is 0 Å². The summed E-state index contributed by atoms with van der Waals surface area (Å²) >= 11 is 0. The van der Waals surface area contributed by atoms with Gasteiger partial charge >= 0.3 is 0 Å². The molecular formula is C22H31N3O5S. The lowest BCUT2D eigenvalue weighted by Crippen LogP contribution is -2.35. The van der Waals surface area contributed by atoms with Crippen LogP contribution in [0.4, 0.5) is 0 Å². The van der Waals surface area contributed by atoms with Crippen LogP contribution in [0.3, 0.4) is 0 Å². The number of amides is 1. The molecule has 1 aromatic carbocycles. The van der Waals surface area contributed by atoms with Gasteiger partial charge in [-0.05, 0) is 57.3 Å². The molecule has 2 aromatic rings. The molecule has 3 rings (SSSR count). The number of sulfonamides is 1. The van der Waals surface area contributed by atoms with Crippen LogP contribution in [-0.2, 0) is 10.0 Å². The third-order valence-electron chi connectivity index (χ3n) is 5.57. The highest BCUT2D eigenvalue weighted by molar-refractivity contribution is 7.89. The van der Waals surface area contributed by atoms with Gasteiger partial charge in [0.25, 0.3) is 5.91 Å². The molecule has 1 saturated heterocycles. The van der Waals surface area contributed by atoms with Gasteiger partial charge in [-0.25, -0.2) is 8.42 Å². The molecule has 0 bridgehead atoms. The molecule has 0 saturated carbocycles. The van der Waals surface area contributed by atoms with Gasteiger partial charge in [-0.2, -0.15) is 4.31 Å². The second kappa shape index (κ2) is 10.3. The number of hydrogen-bond acceptors (Lipinski definition) is 6. The van der Waals surface area contributed by atoms with Crippen molar-refractivity contribution in [1.82, 2.24) is 14.5 Å². The first-order chi connectivity index (χ1) is 14.8. The van der Waals surface area contributed by atoms with E-state index in [0.29, 0.717) is 25.4 Å². The van der Waals surface area contributed by atoms with Gasteiger partial charge in [0.1, 0.15) is 11.5 Å². The maximum absolute atomic E-state index is 13.2. The maximum Gasteiger partial charge on any atom is 0.255 e. The summed E-state index contributed by atoms with van der Waals surface area (Å²) in [6.07, 6.45) is 5.35. The third kappa shape index (κ3) is 5.47. The average molecular weight is 450 g/mol. The Morgan fingerprint density at radius 2 is 1.90 bits per heavy atom. The fourth-order valence-corrected chi connectivity index (χ4v) is 5.30. The Kier molecular flexibility index (Phi) is 7.74. The molecule has 170 valence electrons. The third-order valence-corrected chi connectivity index (χ3v) is 7.46. The lowest BCUT2D eigenvalue weighted by atomic mass is 10.1. The molecule has 1 aliphatic heterocycles. The summed E-state index contributed by atoms with van der Waals surface area (Å²) in [7, 11) is 1.58. The Balaban J connectivity index is 1.82. The quantitative estimate of drug-likeness (QED) is 0.666. The summed E-state index contributed by atoms with van der Waals surface area (Å²) in [5, 5.41) is 2.88. The minimum Gasteiger partial charge on any atom is -0.496 e. The molecule has 0 radical (unpaired) electrons. The van der Waals surface area contributed by atoms with Gasteiger partial charge in [0.05, 0.1) is 29.9 Å². The summed E-state index contributed by atoms with van der Waals surface area (Å²) in [5.41, 5.74) is 0.190. The number of nitrogens with one attached hydrogen (secondary N) is 1. The fraction of sp³-hybridized carbons (Fsp3) is 0.500. The fourth-order valence-electron chi connectivity index (χ4n) is 3.76. The zero-order chi connectivity index (χ0) is 22.4. The molecule has 9 heteroatoms. The molecule has 31 heavy (non-hydrogen) atoms. The van der Waals surface area contributed by atoms with E-state index in [1.807, 2.05) is 25.1 Å². The zero-order valence-corrected chi connectivity index (χ0v) is 19.2. The normalized spacial score (nSPS) is 16.6. The standard InChI is InChI=1S/C22H31N3O5S/c1-24(2)19(21-9-8-14-30-21)16-23-22(26)18-15-17(10-11-20(18)29-3)31(27,28)25-12-6-4-5-7-13-25/h8-11,14-15,19H,4-7,12-13,16H2,1-3H3,(H,23,26). The van der Waals surface area contributed by atoms with Gasteiger partial charge in [0, 0.05) is 19.6 Å². The van der Waals surface area contributed by atoms with Crippen molar-refractivity contribution in [2.24, 2.45) is 0 Å². The minimum absolute atomic E-state index is 0.107. The first-order valence-electron chi connectivity index (χ1n) is 10.5. The van der Waals surface area contributed by atoms with Crippen molar-refractivity contribution in [3.63, 3.8) is 0 Å². The number of ether oxygens (including phenoxy) is 1. The number of nitrogens with zero attached hydrogens (tertiary/aromatic N) is 2. The molecule has 1 unspecified atom stereocenters. The minimum atomic E-state index is -3.67. The second-order valence-electron chi connectivity index (χ2n) is 7.89. The monoisotopic (exact) mass is 449 g/mol. The van der Waals surface area contributed by atoms with Crippen molar-refractivity contribution >= 4 is 15.9 Å². The molecule has 2 heterocycles. The second-order valence-corrected chi connectivity index (χ2v) is 9.82. The lowest BCUT2D eigenvalue weighted by Gasteiger charge is -2.23. The largest absolute Gasteiger partial charge is 0.496 e. The van der Waals surface area contributed by atoms with E-state index in [1.165, 1.54) is 29.6 Å². The first kappa shape index (κ1) is 23.3.